The summed E-state index contributed by atoms with van der Waals surface area (Å²) in [4.78, 5) is 2.13. The van der Waals surface area contributed by atoms with Crippen LogP contribution in [-0.4, -0.2) is 37.0 Å². The van der Waals surface area contributed by atoms with Crippen LogP contribution in [0.2, 0.25) is 0 Å². The second-order valence-corrected chi connectivity index (χ2v) is 3.40. The molecule has 1 N–H and O–H groups in total. The van der Waals surface area contributed by atoms with E-state index in [0.717, 1.165) is 18.9 Å². The van der Waals surface area contributed by atoms with Crippen LogP contribution in [-0.2, 0) is 4.74 Å². The molecule has 11 heavy (non-hydrogen) atoms. The quantitative estimate of drug-likeness (QED) is 0.469. The number of likely N-dealkylation sites (tertiary alicyclic amines) is 1. The van der Waals surface area contributed by atoms with Gasteiger partial charge in [-0.05, 0) is 12.8 Å². The van der Waals surface area contributed by atoms with Crippen LogP contribution in [0.25, 0.3) is 0 Å². The Labute approximate surface area is 66.8 Å². The van der Waals surface area contributed by atoms with E-state index in [4.69, 9.17) is 10.1 Å². The fraction of sp³-hybridized carbons (Fsp3) is 0.875. The fourth-order valence-corrected chi connectivity index (χ4v) is 2.09. The minimum Gasteiger partial charge on any atom is -0.381 e. The Morgan fingerprint density at radius 1 is 1.64 bits per heavy atom. The van der Waals surface area contributed by atoms with Crippen molar-refractivity contribution >= 4 is 6.34 Å². The number of nitrogens with one attached hydrogen (secondary N) is 1. The van der Waals surface area contributed by atoms with E-state index < -0.39 is 0 Å². The highest BCUT2D eigenvalue weighted by Crippen LogP contribution is 2.43. The molecule has 3 unspecified atom stereocenters. The molecule has 0 amide bonds. The summed E-state index contributed by atoms with van der Waals surface area (Å²) in [6, 6.07) is 0.631. The van der Waals surface area contributed by atoms with Gasteiger partial charge in [0, 0.05) is 25.6 Å². The van der Waals surface area contributed by atoms with Crippen molar-refractivity contribution in [3.63, 3.8) is 0 Å². The molecule has 0 aromatic rings. The van der Waals surface area contributed by atoms with Gasteiger partial charge in [-0.15, -0.1) is 0 Å². The Bertz CT molecular complexity index is 171. The first kappa shape index (κ1) is 7.10. The van der Waals surface area contributed by atoms with Crippen LogP contribution in [0.3, 0.4) is 0 Å². The lowest BCUT2D eigenvalue weighted by atomic mass is 10.1. The van der Waals surface area contributed by atoms with Gasteiger partial charge in [0.15, 0.2) is 0 Å². The Morgan fingerprint density at radius 3 is 3.09 bits per heavy atom. The fourth-order valence-electron chi connectivity index (χ4n) is 2.09. The number of hydrogen-bond donors (Lipinski definition) is 1. The molecule has 2 fully saturated rings. The summed E-state index contributed by atoms with van der Waals surface area (Å²) in [6.45, 7) is 1.00. The van der Waals surface area contributed by atoms with Gasteiger partial charge in [-0.25, -0.2) is 0 Å². The average Bonchev–Trinajstić information content (AvgIpc) is 2.81. The lowest BCUT2D eigenvalue weighted by Gasteiger charge is -2.28. The van der Waals surface area contributed by atoms with Gasteiger partial charge in [0.25, 0.3) is 0 Å². The molecule has 1 saturated heterocycles. The molecule has 0 aromatic heterocycles. The molecule has 2 aliphatic rings. The molecule has 1 saturated carbocycles. The van der Waals surface area contributed by atoms with Crippen molar-refractivity contribution < 1.29 is 4.74 Å². The monoisotopic (exact) mass is 154 g/mol. The van der Waals surface area contributed by atoms with E-state index >= 15 is 0 Å². The summed E-state index contributed by atoms with van der Waals surface area (Å²) in [6.07, 6.45) is 4.26. The number of rotatable bonds is 2. The molecule has 0 bridgehead atoms. The Morgan fingerprint density at radius 2 is 2.45 bits per heavy atom. The first-order valence-corrected chi connectivity index (χ1v) is 4.16. The summed E-state index contributed by atoms with van der Waals surface area (Å²) in [5.41, 5.74) is 0. The number of nitrogens with zero attached hydrogens (tertiary/aromatic N) is 1. The third kappa shape index (κ3) is 1.03. The van der Waals surface area contributed by atoms with Gasteiger partial charge in [0.05, 0.1) is 12.4 Å². The summed E-state index contributed by atoms with van der Waals surface area (Å²) < 4.78 is 5.34. The van der Waals surface area contributed by atoms with E-state index in [-0.39, 0.29) is 0 Å². The Kier molecular flexibility index (Phi) is 1.60. The highest BCUT2D eigenvalue weighted by Gasteiger charge is 2.49. The van der Waals surface area contributed by atoms with Crippen LogP contribution in [0.5, 0.6) is 0 Å². The van der Waals surface area contributed by atoms with Crippen LogP contribution in [0, 0.1) is 11.3 Å². The molecule has 1 aliphatic heterocycles. The van der Waals surface area contributed by atoms with Crippen LogP contribution >= 0.6 is 0 Å². The molecule has 0 spiro atoms. The summed E-state index contributed by atoms with van der Waals surface area (Å²) in [7, 11) is 1.79. The van der Waals surface area contributed by atoms with Crippen molar-refractivity contribution in [1.82, 2.24) is 4.90 Å². The van der Waals surface area contributed by atoms with Crippen molar-refractivity contribution in [3.8, 4) is 0 Å². The van der Waals surface area contributed by atoms with Gasteiger partial charge >= 0.3 is 0 Å². The van der Waals surface area contributed by atoms with Crippen molar-refractivity contribution in [2.45, 2.75) is 25.0 Å². The molecule has 3 nitrogen and oxygen atoms in total. The number of methoxy groups -OCH3 is 1. The highest BCUT2D eigenvalue weighted by molar-refractivity contribution is 5.52. The normalized spacial score (nSPS) is 41.5. The van der Waals surface area contributed by atoms with Crippen molar-refractivity contribution in [2.75, 3.05) is 13.7 Å². The predicted molar refractivity (Wildman–Crippen MR) is 42.8 cm³/mol. The minimum atomic E-state index is 0.469. The van der Waals surface area contributed by atoms with Crippen LogP contribution in [0.4, 0.5) is 0 Å². The SMILES string of the molecule is COC1CCN(C=N)C2CC12. The molecule has 1 heterocycles. The van der Waals surface area contributed by atoms with Gasteiger partial charge in [0.2, 0.25) is 0 Å². The molecule has 1 aliphatic carbocycles. The number of hydrogen-bond acceptors (Lipinski definition) is 2. The van der Waals surface area contributed by atoms with Gasteiger partial charge in [-0.2, -0.15) is 0 Å². The van der Waals surface area contributed by atoms with E-state index in [2.05, 4.69) is 4.90 Å². The number of ether oxygens (including phenoxy) is 1. The molecule has 3 atom stereocenters. The van der Waals surface area contributed by atoms with Crippen LogP contribution < -0.4 is 0 Å². The van der Waals surface area contributed by atoms with Gasteiger partial charge in [0.1, 0.15) is 0 Å². The number of fused-ring (bicyclic) bond motifs is 1. The molecule has 3 heteroatoms. The lowest BCUT2D eigenvalue weighted by Crippen LogP contribution is -2.36. The average molecular weight is 154 g/mol. The zero-order valence-electron chi connectivity index (χ0n) is 6.79. The largest absolute Gasteiger partial charge is 0.381 e. The molecule has 0 radical (unpaired) electrons. The minimum absolute atomic E-state index is 0.469. The van der Waals surface area contributed by atoms with Crippen LogP contribution in [0.15, 0.2) is 0 Å². The van der Waals surface area contributed by atoms with Crippen molar-refractivity contribution in [1.29, 1.82) is 5.41 Å². The van der Waals surface area contributed by atoms with Crippen molar-refractivity contribution in [3.05, 3.63) is 0 Å². The summed E-state index contributed by atoms with van der Waals surface area (Å²) in [5.74, 6) is 0.718. The van der Waals surface area contributed by atoms with Gasteiger partial charge < -0.3 is 9.64 Å². The van der Waals surface area contributed by atoms with E-state index in [9.17, 15) is 0 Å². The van der Waals surface area contributed by atoms with E-state index in [0.29, 0.717) is 12.1 Å². The third-order valence-corrected chi connectivity index (χ3v) is 2.85. The smallest absolute Gasteiger partial charge is 0.0819 e. The third-order valence-electron chi connectivity index (χ3n) is 2.85. The van der Waals surface area contributed by atoms with Crippen molar-refractivity contribution in [2.24, 2.45) is 5.92 Å². The molecule has 2 rings (SSSR count). The molecular formula is C8H14N2O. The van der Waals surface area contributed by atoms with Gasteiger partial charge in [-0.3, -0.25) is 5.41 Å². The standard InChI is InChI=1S/C8H14N2O/c1-11-8-2-3-10(5-9)7-4-6(7)8/h5-9H,2-4H2,1H3. The van der Waals surface area contributed by atoms with Crippen LogP contribution in [0.1, 0.15) is 12.8 Å². The highest BCUT2D eigenvalue weighted by atomic mass is 16.5. The maximum Gasteiger partial charge on any atom is 0.0819 e. The Hall–Kier alpha value is -0.570. The summed E-state index contributed by atoms with van der Waals surface area (Å²) >= 11 is 0. The second-order valence-electron chi connectivity index (χ2n) is 3.40. The maximum atomic E-state index is 7.14. The second kappa shape index (κ2) is 2.48. The molecule has 0 aromatic carbocycles. The zero-order valence-corrected chi connectivity index (χ0v) is 6.79. The first-order chi connectivity index (χ1) is 5.36. The predicted octanol–water partition coefficient (Wildman–Crippen LogP) is 0.703. The lowest BCUT2D eigenvalue weighted by molar-refractivity contribution is 0.0494. The molecule has 62 valence electrons. The van der Waals surface area contributed by atoms with E-state index in [1.165, 1.54) is 12.8 Å². The van der Waals surface area contributed by atoms with E-state index in [1.807, 2.05) is 0 Å². The van der Waals surface area contributed by atoms with Gasteiger partial charge in [-0.1, -0.05) is 0 Å². The van der Waals surface area contributed by atoms with E-state index in [1.54, 1.807) is 7.11 Å². The Balaban J connectivity index is 1.97. The summed E-state index contributed by atoms with van der Waals surface area (Å²) in [5, 5.41) is 7.14. The maximum absolute atomic E-state index is 7.14. The topological polar surface area (TPSA) is 36.3 Å². The zero-order chi connectivity index (χ0) is 7.84. The number of piperidine rings is 1. The first-order valence-electron chi connectivity index (χ1n) is 4.16. The molecular weight excluding hydrogens is 140 g/mol.